The van der Waals surface area contributed by atoms with Gasteiger partial charge >= 0.3 is 0 Å². The first-order valence-corrected chi connectivity index (χ1v) is 4.79. The van der Waals surface area contributed by atoms with Gasteiger partial charge in [0.25, 0.3) is 0 Å². The van der Waals surface area contributed by atoms with Crippen LogP contribution in [-0.4, -0.2) is 23.7 Å². The Morgan fingerprint density at radius 3 is 3.09 bits per heavy atom. The lowest BCUT2D eigenvalue weighted by Gasteiger charge is -2.04. The molecule has 0 aromatic carbocycles. The Balaban J connectivity index is 2.60. The molecule has 62 valence electrons. The fraction of sp³-hybridized carbons (Fsp3) is 0.500. The topological polar surface area (TPSA) is 45.1 Å². The van der Waals surface area contributed by atoms with E-state index in [0.29, 0.717) is 6.54 Å². The van der Waals surface area contributed by atoms with Gasteiger partial charge in [0.05, 0.1) is 9.98 Å². The van der Waals surface area contributed by atoms with Crippen molar-refractivity contribution in [1.29, 1.82) is 0 Å². The summed E-state index contributed by atoms with van der Waals surface area (Å²) in [5, 5.41) is 13.0. The molecule has 0 aliphatic heterocycles. The Morgan fingerprint density at radius 2 is 2.64 bits per heavy atom. The molecule has 11 heavy (non-hydrogen) atoms. The van der Waals surface area contributed by atoms with Crippen molar-refractivity contribution in [2.45, 2.75) is 6.10 Å². The Bertz CT molecular complexity index is 228. The van der Waals surface area contributed by atoms with Crippen LogP contribution in [0.4, 0.5) is 0 Å². The molecule has 0 aliphatic rings. The van der Waals surface area contributed by atoms with E-state index in [-0.39, 0.29) is 0 Å². The molecule has 0 amide bonds. The summed E-state index contributed by atoms with van der Waals surface area (Å²) in [5.41, 5.74) is 0. The van der Waals surface area contributed by atoms with Crippen LogP contribution in [0.1, 0.15) is 11.1 Å². The van der Waals surface area contributed by atoms with E-state index in [1.54, 1.807) is 13.2 Å². The molecule has 1 rings (SSSR count). The maximum atomic E-state index is 9.40. The van der Waals surface area contributed by atoms with E-state index in [0.717, 1.165) is 8.79 Å². The number of halogens is 1. The van der Waals surface area contributed by atoms with Crippen LogP contribution in [0, 0.1) is 0 Å². The van der Waals surface area contributed by atoms with Gasteiger partial charge in [0.15, 0.2) is 0 Å². The summed E-state index contributed by atoms with van der Waals surface area (Å²) in [5.74, 6) is 0. The molecule has 5 heteroatoms. The number of hydrogen-bond donors (Lipinski definition) is 2. The molecule has 1 aromatic heterocycles. The minimum absolute atomic E-state index is 0.490. The zero-order valence-electron chi connectivity index (χ0n) is 6.04. The van der Waals surface area contributed by atoms with Crippen molar-refractivity contribution in [3.05, 3.63) is 15.0 Å². The van der Waals surface area contributed by atoms with Crippen LogP contribution in [0.15, 0.2) is 9.98 Å². The number of aliphatic hydroxyl groups excluding tert-OH is 1. The van der Waals surface area contributed by atoms with E-state index >= 15 is 0 Å². The van der Waals surface area contributed by atoms with Crippen molar-refractivity contribution in [3.63, 3.8) is 0 Å². The van der Waals surface area contributed by atoms with Gasteiger partial charge in [-0.05, 0) is 23.0 Å². The van der Waals surface area contributed by atoms with Crippen LogP contribution >= 0.6 is 27.3 Å². The lowest BCUT2D eigenvalue weighted by molar-refractivity contribution is 0.177. The molecular formula is C6H9BrN2OS. The smallest absolute Gasteiger partial charge is 0.124 e. The summed E-state index contributed by atoms with van der Waals surface area (Å²) in [4.78, 5) is 4.02. The third kappa shape index (κ3) is 2.52. The molecule has 0 bridgehead atoms. The van der Waals surface area contributed by atoms with Crippen LogP contribution in [0.5, 0.6) is 0 Å². The van der Waals surface area contributed by atoms with Crippen molar-refractivity contribution in [1.82, 2.24) is 10.3 Å². The Labute approximate surface area is 77.6 Å². The van der Waals surface area contributed by atoms with Crippen molar-refractivity contribution >= 4 is 27.3 Å². The second-order valence-corrected chi connectivity index (χ2v) is 4.52. The average molecular weight is 237 g/mol. The van der Waals surface area contributed by atoms with Crippen molar-refractivity contribution in [3.8, 4) is 0 Å². The summed E-state index contributed by atoms with van der Waals surface area (Å²) in [7, 11) is 1.80. The van der Waals surface area contributed by atoms with Gasteiger partial charge in [-0.1, -0.05) is 0 Å². The Morgan fingerprint density at radius 1 is 1.91 bits per heavy atom. The summed E-state index contributed by atoms with van der Waals surface area (Å²) in [6.45, 7) is 0.542. The van der Waals surface area contributed by atoms with Crippen molar-refractivity contribution < 1.29 is 5.11 Å². The highest BCUT2D eigenvalue weighted by Gasteiger charge is 2.09. The number of aromatic nitrogens is 1. The predicted molar refractivity (Wildman–Crippen MR) is 48.7 cm³/mol. The Kier molecular flexibility index (Phi) is 3.45. The molecule has 0 radical (unpaired) electrons. The lowest BCUT2D eigenvalue weighted by atomic mass is 10.4. The summed E-state index contributed by atoms with van der Waals surface area (Å²) >= 11 is 4.73. The van der Waals surface area contributed by atoms with Crippen LogP contribution < -0.4 is 5.32 Å². The van der Waals surface area contributed by atoms with Gasteiger partial charge in [-0.2, -0.15) is 0 Å². The van der Waals surface area contributed by atoms with Crippen molar-refractivity contribution in [2.24, 2.45) is 0 Å². The number of aliphatic hydroxyl groups is 1. The molecule has 0 aliphatic carbocycles. The summed E-state index contributed by atoms with van der Waals surface area (Å²) in [6, 6.07) is 0. The standard InChI is InChI=1S/C6H9BrN2OS/c1-8-2-4(10)6-9-3-5(7)11-6/h3-4,8,10H,2H2,1H3. The van der Waals surface area contributed by atoms with Crippen LogP contribution in [0.25, 0.3) is 0 Å². The van der Waals surface area contributed by atoms with Crippen LogP contribution in [-0.2, 0) is 0 Å². The van der Waals surface area contributed by atoms with Crippen LogP contribution in [0.2, 0.25) is 0 Å². The molecule has 1 atom stereocenters. The highest BCUT2D eigenvalue weighted by molar-refractivity contribution is 9.11. The van der Waals surface area contributed by atoms with Gasteiger partial charge in [0, 0.05) is 6.54 Å². The maximum absolute atomic E-state index is 9.40. The normalized spacial score (nSPS) is 13.4. The molecule has 1 aromatic rings. The molecule has 0 spiro atoms. The first-order valence-electron chi connectivity index (χ1n) is 3.18. The number of likely N-dealkylation sites (N-methyl/N-ethyl adjacent to an activating group) is 1. The number of nitrogens with zero attached hydrogens (tertiary/aromatic N) is 1. The van der Waals surface area contributed by atoms with Gasteiger partial charge in [0.2, 0.25) is 0 Å². The second-order valence-electron chi connectivity index (χ2n) is 2.08. The molecular weight excluding hydrogens is 228 g/mol. The van der Waals surface area contributed by atoms with E-state index in [4.69, 9.17) is 0 Å². The fourth-order valence-corrected chi connectivity index (χ4v) is 1.93. The second kappa shape index (κ2) is 4.15. The van der Waals surface area contributed by atoms with Crippen molar-refractivity contribution in [2.75, 3.05) is 13.6 Å². The molecule has 1 heterocycles. The Hall–Kier alpha value is 0.0300. The molecule has 3 nitrogen and oxygen atoms in total. The zero-order chi connectivity index (χ0) is 8.27. The maximum Gasteiger partial charge on any atom is 0.124 e. The van der Waals surface area contributed by atoms with Gasteiger partial charge in [0.1, 0.15) is 11.1 Å². The van der Waals surface area contributed by atoms with Gasteiger partial charge in [-0.25, -0.2) is 4.98 Å². The minimum atomic E-state index is -0.490. The summed E-state index contributed by atoms with van der Waals surface area (Å²) in [6.07, 6.45) is 1.20. The zero-order valence-corrected chi connectivity index (χ0v) is 8.44. The van der Waals surface area contributed by atoms with E-state index in [2.05, 4.69) is 26.2 Å². The average Bonchev–Trinajstić information content (AvgIpc) is 2.36. The monoisotopic (exact) mass is 236 g/mol. The molecule has 0 saturated carbocycles. The van der Waals surface area contributed by atoms with Crippen LogP contribution in [0.3, 0.4) is 0 Å². The third-order valence-corrected chi connectivity index (χ3v) is 2.76. The quantitative estimate of drug-likeness (QED) is 0.829. The first-order chi connectivity index (χ1) is 5.24. The first kappa shape index (κ1) is 9.12. The van der Waals surface area contributed by atoms with E-state index in [1.807, 2.05) is 0 Å². The van der Waals surface area contributed by atoms with E-state index in [9.17, 15) is 5.11 Å². The number of thiazole rings is 1. The number of rotatable bonds is 3. The molecule has 0 fully saturated rings. The van der Waals surface area contributed by atoms with Gasteiger partial charge < -0.3 is 10.4 Å². The number of hydrogen-bond acceptors (Lipinski definition) is 4. The number of nitrogens with one attached hydrogen (secondary N) is 1. The molecule has 0 saturated heterocycles. The lowest BCUT2D eigenvalue weighted by Crippen LogP contribution is -2.16. The molecule has 1 unspecified atom stereocenters. The highest BCUT2D eigenvalue weighted by Crippen LogP contribution is 2.23. The third-order valence-electron chi connectivity index (χ3n) is 1.18. The minimum Gasteiger partial charge on any atom is -0.385 e. The SMILES string of the molecule is CNCC(O)c1ncc(Br)s1. The van der Waals surface area contributed by atoms with Gasteiger partial charge in [-0.3, -0.25) is 0 Å². The fourth-order valence-electron chi connectivity index (χ4n) is 0.702. The highest BCUT2D eigenvalue weighted by atomic mass is 79.9. The van der Waals surface area contributed by atoms with Gasteiger partial charge in [-0.15, -0.1) is 11.3 Å². The van der Waals surface area contributed by atoms with E-state index < -0.39 is 6.10 Å². The molecule has 2 N–H and O–H groups in total. The summed E-state index contributed by atoms with van der Waals surface area (Å²) < 4.78 is 0.947. The predicted octanol–water partition coefficient (Wildman–Crippen LogP) is 1.16. The van der Waals surface area contributed by atoms with E-state index in [1.165, 1.54) is 11.3 Å². The largest absolute Gasteiger partial charge is 0.385 e.